The third-order valence-electron chi connectivity index (χ3n) is 5.07. The lowest BCUT2D eigenvalue weighted by atomic mass is 10.2. The quantitative estimate of drug-likeness (QED) is 0.539. The molecule has 4 rings (SSSR count). The molecule has 1 fully saturated rings. The molecule has 1 amide bonds. The standard InChI is InChI=1S/C24H27N5O2/c1-18-17-22(29-15-7-8-16-29)28-24(27-18)26-14-13-25-23(30)20-11-5-6-12-21(20)31-19-9-3-2-4-10-19/h2-6,9-12,17H,7-8,13-16H2,1H3,(H,25,30)(H,26,27,28). The summed E-state index contributed by atoms with van der Waals surface area (Å²) in [5, 5.41) is 6.15. The lowest BCUT2D eigenvalue weighted by Gasteiger charge is -2.17. The van der Waals surface area contributed by atoms with E-state index in [9.17, 15) is 4.79 Å². The zero-order valence-corrected chi connectivity index (χ0v) is 17.7. The number of benzene rings is 2. The molecule has 7 nitrogen and oxygen atoms in total. The molecule has 2 N–H and O–H groups in total. The lowest BCUT2D eigenvalue weighted by molar-refractivity contribution is 0.0953. The van der Waals surface area contributed by atoms with E-state index in [1.54, 1.807) is 12.1 Å². The number of hydrogen-bond acceptors (Lipinski definition) is 6. The third-order valence-corrected chi connectivity index (χ3v) is 5.07. The van der Waals surface area contributed by atoms with Gasteiger partial charge in [0, 0.05) is 37.9 Å². The minimum Gasteiger partial charge on any atom is -0.457 e. The zero-order valence-electron chi connectivity index (χ0n) is 17.7. The van der Waals surface area contributed by atoms with Crippen molar-refractivity contribution >= 4 is 17.7 Å². The van der Waals surface area contributed by atoms with Gasteiger partial charge in [-0.25, -0.2) is 4.98 Å². The van der Waals surface area contributed by atoms with Crippen LogP contribution in [-0.2, 0) is 0 Å². The highest BCUT2D eigenvalue weighted by Crippen LogP contribution is 2.25. The Labute approximate surface area is 182 Å². The number of para-hydroxylation sites is 2. The number of aromatic nitrogens is 2. The van der Waals surface area contributed by atoms with E-state index in [0.717, 1.165) is 24.6 Å². The molecule has 0 spiro atoms. The monoisotopic (exact) mass is 417 g/mol. The Balaban J connectivity index is 1.32. The first-order valence-corrected chi connectivity index (χ1v) is 10.6. The smallest absolute Gasteiger partial charge is 0.255 e. The third kappa shape index (κ3) is 5.51. The molecule has 0 unspecified atom stereocenters. The predicted molar refractivity (Wildman–Crippen MR) is 122 cm³/mol. The van der Waals surface area contributed by atoms with Gasteiger partial charge >= 0.3 is 0 Å². The second-order valence-electron chi connectivity index (χ2n) is 7.48. The summed E-state index contributed by atoms with van der Waals surface area (Å²) >= 11 is 0. The first kappa shape index (κ1) is 20.7. The molecule has 0 saturated carbocycles. The van der Waals surface area contributed by atoms with Crippen molar-refractivity contribution in [3.63, 3.8) is 0 Å². The van der Waals surface area contributed by atoms with Crippen molar-refractivity contribution in [2.45, 2.75) is 19.8 Å². The van der Waals surface area contributed by atoms with Crippen LogP contribution in [0.2, 0.25) is 0 Å². The van der Waals surface area contributed by atoms with Gasteiger partial charge in [0.05, 0.1) is 5.56 Å². The Morgan fingerprint density at radius 3 is 2.55 bits per heavy atom. The molecule has 1 saturated heterocycles. The summed E-state index contributed by atoms with van der Waals surface area (Å²) in [6, 6.07) is 18.7. The average molecular weight is 418 g/mol. The van der Waals surface area contributed by atoms with Gasteiger partial charge in [0.2, 0.25) is 5.95 Å². The number of ether oxygens (including phenoxy) is 1. The Morgan fingerprint density at radius 2 is 1.74 bits per heavy atom. The topological polar surface area (TPSA) is 79.4 Å². The van der Waals surface area contributed by atoms with Gasteiger partial charge in [0.1, 0.15) is 17.3 Å². The van der Waals surface area contributed by atoms with E-state index in [2.05, 4.69) is 25.5 Å². The molecular weight excluding hydrogens is 390 g/mol. The van der Waals surface area contributed by atoms with Crippen LogP contribution in [0.3, 0.4) is 0 Å². The lowest BCUT2D eigenvalue weighted by Crippen LogP contribution is -2.29. The van der Waals surface area contributed by atoms with E-state index in [-0.39, 0.29) is 5.91 Å². The van der Waals surface area contributed by atoms with Crippen molar-refractivity contribution in [2.75, 3.05) is 36.4 Å². The maximum atomic E-state index is 12.7. The molecule has 1 aliphatic heterocycles. The van der Waals surface area contributed by atoms with Crippen molar-refractivity contribution in [1.29, 1.82) is 0 Å². The van der Waals surface area contributed by atoms with E-state index >= 15 is 0 Å². The van der Waals surface area contributed by atoms with E-state index in [1.165, 1.54) is 12.8 Å². The molecule has 7 heteroatoms. The van der Waals surface area contributed by atoms with Crippen molar-refractivity contribution in [1.82, 2.24) is 15.3 Å². The number of nitrogens with zero attached hydrogens (tertiary/aromatic N) is 3. The van der Waals surface area contributed by atoms with E-state index in [4.69, 9.17) is 4.74 Å². The Morgan fingerprint density at radius 1 is 1.00 bits per heavy atom. The van der Waals surface area contributed by atoms with Crippen LogP contribution in [0.15, 0.2) is 60.7 Å². The molecule has 1 aromatic heterocycles. The van der Waals surface area contributed by atoms with Gasteiger partial charge in [0.25, 0.3) is 5.91 Å². The number of rotatable bonds is 8. The predicted octanol–water partition coefficient (Wildman–Crippen LogP) is 4.02. The normalized spacial score (nSPS) is 13.1. The van der Waals surface area contributed by atoms with Crippen molar-refractivity contribution in [3.05, 3.63) is 71.9 Å². The first-order valence-electron chi connectivity index (χ1n) is 10.6. The minimum absolute atomic E-state index is 0.184. The molecule has 3 aromatic rings. The van der Waals surface area contributed by atoms with Crippen LogP contribution in [0.1, 0.15) is 28.9 Å². The summed E-state index contributed by atoms with van der Waals surface area (Å²) in [5.74, 6) is 2.58. The van der Waals surface area contributed by atoms with Gasteiger partial charge < -0.3 is 20.3 Å². The molecule has 2 aromatic carbocycles. The van der Waals surface area contributed by atoms with Crippen LogP contribution >= 0.6 is 0 Å². The van der Waals surface area contributed by atoms with E-state index < -0.39 is 0 Å². The summed E-state index contributed by atoms with van der Waals surface area (Å²) in [7, 11) is 0. The highest BCUT2D eigenvalue weighted by Gasteiger charge is 2.15. The Hall–Kier alpha value is -3.61. The number of carbonyl (C=O) groups excluding carboxylic acids is 1. The summed E-state index contributed by atoms with van der Waals surface area (Å²) < 4.78 is 5.88. The van der Waals surface area contributed by atoms with E-state index in [1.807, 2.05) is 55.5 Å². The number of nitrogens with one attached hydrogen (secondary N) is 2. The van der Waals surface area contributed by atoms with Gasteiger partial charge in [-0.15, -0.1) is 0 Å². The second-order valence-corrected chi connectivity index (χ2v) is 7.48. The molecule has 160 valence electrons. The molecular formula is C24H27N5O2. The van der Waals surface area contributed by atoms with Gasteiger partial charge in [-0.05, 0) is 44.0 Å². The SMILES string of the molecule is Cc1cc(N2CCCC2)nc(NCCNC(=O)c2ccccc2Oc2ccccc2)n1. The van der Waals surface area contributed by atoms with Gasteiger partial charge in [-0.2, -0.15) is 4.98 Å². The highest BCUT2D eigenvalue weighted by molar-refractivity contribution is 5.97. The average Bonchev–Trinajstić information content (AvgIpc) is 3.32. The second kappa shape index (κ2) is 9.93. The number of carbonyl (C=O) groups is 1. The molecule has 1 aliphatic rings. The fourth-order valence-corrected chi connectivity index (χ4v) is 3.54. The number of aryl methyl sites for hydroxylation is 1. The van der Waals surface area contributed by atoms with E-state index in [0.29, 0.717) is 36.1 Å². The van der Waals surface area contributed by atoms with Crippen LogP contribution in [0.25, 0.3) is 0 Å². The van der Waals surface area contributed by atoms with Crippen LogP contribution in [0, 0.1) is 6.92 Å². The maximum absolute atomic E-state index is 12.7. The molecule has 2 heterocycles. The van der Waals surface area contributed by atoms with Crippen LogP contribution in [0.5, 0.6) is 11.5 Å². The minimum atomic E-state index is -0.184. The van der Waals surface area contributed by atoms with Gasteiger partial charge in [-0.1, -0.05) is 30.3 Å². The Kier molecular flexibility index (Phi) is 6.62. The zero-order chi connectivity index (χ0) is 21.5. The summed E-state index contributed by atoms with van der Waals surface area (Å²) in [4.78, 5) is 24.1. The molecule has 31 heavy (non-hydrogen) atoms. The van der Waals surface area contributed by atoms with Crippen LogP contribution in [-0.4, -0.2) is 42.1 Å². The highest BCUT2D eigenvalue weighted by atomic mass is 16.5. The van der Waals surface area contributed by atoms with Crippen LogP contribution in [0.4, 0.5) is 11.8 Å². The number of anilines is 2. The maximum Gasteiger partial charge on any atom is 0.255 e. The molecule has 0 radical (unpaired) electrons. The van der Waals surface area contributed by atoms with Crippen LogP contribution < -0.4 is 20.3 Å². The van der Waals surface area contributed by atoms with Crippen molar-refractivity contribution in [3.8, 4) is 11.5 Å². The number of amides is 1. The van der Waals surface area contributed by atoms with Crippen molar-refractivity contribution in [2.24, 2.45) is 0 Å². The van der Waals surface area contributed by atoms with Gasteiger partial charge in [0.15, 0.2) is 0 Å². The fraction of sp³-hybridized carbons (Fsp3) is 0.292. The Bertz CT molecular complexity index is 1020. The molecule has 0 atom stereocenters. The molecule has 0 aliphatic carbocycles. The summed E-state index contributed by atoms with van der Waals surface area (Å²) in [5.41, 5.74) is 1.42. The summed E-state index contributed by atoms with van der Waals surface area (Å²) in [6.07, 6.45) is 2.40. The first-order chi connectivity index (χ1) is 15.2. The number of hydrogen-bond donors (Lipinski definition) is 2. The fourth-order valence-electron chi connectivity index (χ4n) is 3.54. The van der Waals surface area contributed by atoms with Gasteiger partial charge in [-0.3, -0.25) is 4.79 Å². The van der Waals surface area contributed by atoms with Crippen molar-refractivity contribution < 1.29 is 9.53 Å². The molecule has 0 bridgehead atoms. The summed E-state index contributed by atoms with van der Waals surface area (Å²) in [6.45, 7) is 5.01. The largest absolute Gasteiger partial charge is 0.457 e.